The number of rotatable bonds is 5. The lowest BCUT2D eigenvalue weighted by Gasteiger charge is -2.05. The number of aryl methyl sites for hydroxylation is 2. The van der Waals surface area contributed by atoms with Gasteiger partial charge in [0.05, 0.1) is 10.4 Å². The van der Waals surface area contributed by atoms with Crippen molar-refractivity contribution in [3.8, 4) is 5.75 Å². The van der Waals surface area contributed by atoms with Gasteiger partial charge in [-0.2, -0.15) is 0 Å². The SMILES string of the molecule is CCCc1cc(Cl)c2oc(C(=O)OCc3ccccc3)c(C)c2c1O. The Kier molecular flexibility index (Phi) is 5.00. The third-order valence-electron chi connectivity index (χ3n) is 4.12. The molecule has 130 valence electrons. The highest BCUT2D eigenvalue weighted by Gasteiger charge is 2.24. The first kappa shape index (κ1) is 17.4. The Morgan fingerprint density at radius 3 is 2.68 bits per heavy atom. The predicted octanol–water partition coefficient (Wildman–Crippen LogP) is 5.41. The molecule has 5 heteroatoms. The van der Waals surface area contributed by atoms with Gasteiger partial charge in [0.25, 0.3) is 0 Å². The smallest absolute Gasteiger partial charge is 0.374 e. The molecule has 1 N–H and O–H groups in total. The lowest BCUT2D eigenvalue weighted by molar-refractivity contribution is 0.0437. The van der Waals surface area contributed by atoms with Crippen LogP contribution in [-0.4, -0.2) is 11.1 Å². The number of hydrogen-bond acceptors (Lipinski definition) is 4. The Balaban J connectivity index is 1.94. The molecule has 3 aromatic rings. The van der Waals surface area contributed by atoms with E-state index < -0.39 is 5.97 Å². The van der Waals surface area contributed by atoms with Crippen molar-refractivity contribution in [1.29, 1.82) is 0 Å². The van der Waals surface area contributed by atoms with Gasteiger partial charge in [-0.3, -0.25) is 0 Å². The second-order valence-corrected chi connectivity index (χ2v) is 6.35. The lowest BCUT2D eigenvalue weighted by atomic mass is 10.0. The first-order valence-corrected chi connectivity index (χ1v) is 8.55. The Labute approximate surface area is 151 Å². The van der Waals surface area contributed by atoms with E-state index in [-0.39, 0.29) is 18.1 Å². The molecule has 1 heterocycles. The number of furan rings is 1. The van der Waals surface area contributed by atoms with Crippen LogP contribution >= 0.6 is 11.6 Å². The van der Waals surface area contributed by atoms with Gasteiger partial charge in [0.2, 0.25) is 5.76 Å². The van der Waals surface area contributed by atoms with Crippen molar-refractivity contribution in [3.63, 3.8) is 0 Å². The molecule has 4 nitrogen and oxygen atoms in total. The molecule has 0 atom stereocenters. The Morgan fingerprint density at radius 2 is 2.00 bits per heavy atom. The average molecular weight is 359 g/mol. The number of fused-ring (bicyclic) bond motifs is 1. The summed E-state index contributed by atoms with van der Waals surface area (Å²) in [6.45, 7) is 3.89. The van der Waals surface area contributed by atoms with Crippen LogP contribution < -0.4 is 0 Å². The van der Waals surface area contributed by atoms with Gasteiger partial charge >= 0.3 is 5.97 Å². The number of carbonyl (C=O) groups excluding carboxylic acids is 1. The normalized spacial score (nSPS) is 11.0. The van der Waals surface area contributed by atoms with Crippen molar-refractivity contribution in [2.45, 2.75) is 33.3 Å². The molecule has 0 spiro atoms. The van der Waals surface area contributed by atoms with Gasteiger partial charge in [-0.15, -0.1) is 0 Å². The molecular weight excluding hydrogens is 340 g/mol. The fraction of sp³-hybridized carbons (Fsp3) is 0.250. The molecule has 0 saturated carbocycles. The third-order valence-corrected chi connectivity index (χ3v) is 4.40. The minimum Gasteiger partial charge on any atom is -0.507 e. The second-order valence-electron chi connectivity index (χ2n) is 5.94. The van der Waals surface area contributed by atoms with Crippen molar-refractivity contribution in [2.75, 3.05) is 0 Å². The van der Waals surface area contributed by atoms with Gasteiger partial charge in [0, 0.05) is 5.56 Å². The lowest BCUT2D eigenvalue weighted by Crippen LogP contribution is -2.05. The summed E-state index contributed by atoms with van der Waals surface area (Å²) < 4.78 is 11.0. The van der Waals surface area contributed by atoms with Crippen LogP contribution in [0.3, 0.4) is 0 Å². The van der Waals surface area contributed by atoms with Crippen molar-refractivity contribution in [3.05, 3.63) is 63.9 Å². The molecule has 0 bridgehead atoms. The number of hydrogen-bond donors (Lipinski definition) is 1. The quantitative estimate of drug-likeness (QED) is 0.619. The summed E-state index contributed by atoms with van der Waals surface area (Å²) in [5.74, 6) is -0.397. The minimum atomic E-state index is -0.579. The standard InChI is InChI=1S/C20H19ClO4/c1-3-7-14-10-15(21)19-16(17(14)22)12(2)18(25-19)20(23)24-11-13-8-5-4-6-9-13/h4-6,8-10,22H,3,7,11H2,1-2H3. The highest BCUT2D eigenvalue weighted by Crippen LogP contribution is 2.40. The molecular formula is C20H19ClO4. The van der Waals surface area contributed by atoms with Crippen LogP contribution in [0, 0.1) is 6.92 Å². The molecule has 0 saturated heterocycles. The number of aromatic hydroxyl groups is 1. The highest BCUT2D eigenvalue weighted by molar-refractivity contribution is 6.35. The number of ether oxygens (including phenoxy) is 1. The van der Waals surface area contributed by atoms with Crippen LogP contribution in [0.4, 0.5) is 0 Å². The van der Waals surface area contributed by atoms with E-state index in [4.69, 9.17) is 20.8 Å². The predicted molar refractivity (Wildman–Crippen MR) is 97.2 cm³/mol. The Morgan fingerprint density at radius 1 is 1.28 bits per heavy atom. The number of benzene rings is 2. The second kappa shape index (κ2) is 7.19. The zero-order valence-electron chi connectivity index (χ0n) is 14.1. The van der Waals surface area contributed by atoms with E-state index in [1.165, 1.54) is 0 Å². The maximum Gasteiger partial charge on any atom is 0.374 e. The monoisotopic (exact) mass is 358 g/mol. The van der Waals surface area contributed by atoms with Crippen molar-refractivity contribution in [2.24, 2.45) is 0 Å². The molecule has 0 aliphatic rings. The highest BCUT2D eigenvalue weighted by atomic mass is 35.5. The van der Waals surface area contributed by atoms with E-state index in [1.54, 1.807) is 13.0 Å². The van der Waals surface area contributed by atoms with Gasteiger partial charge in [0.1, 0.15) is 12.4 Å². The third kappa shape index (κ3) is 3.35. The molecule has 0 unspecified atom stereocenters. The molecule has 0 amide bonds. The number of carbonyl (C=O) groups is 1. The van der Waals surface area contributed by atoms with E-state index in [0.717, 1.165) is 17.5 Å². The fourth-order valence-electron chi connectivity index (χ4n) is 2.86. The minimum absolute atomic E-state index is 0.0665. The van der Waals surface area contributed by atoms with E-state index in [2.05, 4.69) is 0 Å². The van der Waals surface area contributed by atoms with Crippen LogP contribution in [-0.2, 0) is 17.8 Å². The van der Waals surface area contributed by atoms with Gasteiger partial charge in [-0.1, -0.05) is 55.3 Å². The first-order valence-electron chi connectivity index (χ1n) is 8.17. The topological polar surface area (TPSA) is 59.7 Å². The van der Waals surface area contributed by atoms with E-state index in [9.17, 15) is 9.90 Å². The van der Waals surface area contributed by atoms with E-state index in [1.807, 2.05) is 37.3 Å². The van der Waals surface area contributed by atoms with Crippen LogP contribution in [0.1, 0.15) is 40.6 Å². The first-order chi connectivity index (χ1) is 12.0. The summed E-state index contributed by atoms with van der Waals surface area (Å²) in [6.07, 6.45) is 1.57. The van der Waals surface area contributed by atoms with Crippen molar-refractivity contribution in [1.82, 2.24) is 0 Å². The number of phenols is 1. The zero-order valence-corrected chi connectivity index (χ0v) is 14.9. The van der Waals surface area contributed by atoms with Crippen LogP contribution in [0.15, 0.2) is 40.8 Å². The summed E-state index contributed by atoms with van der Waals surface area (Å²) >= 11 is 6.28. The van der Waals surface area contributed by atoms with Gasteiger partial charge in [-0.25, -0.2) is 4.79 Å². The molecule has 25 heavy (non-hydrogen) atoms. The van der Waals surface area contributed by atoms with Gasteiger partial charge < -0.3 is 14.3 Å². The van der Waals surface area contributed by atoms with Crippen molar-refractivity contribution < 1.29 is 19.1 Å². The van der Waals surface area contributed by atoms with Crippen molar-refractivity contribution >= 4 is 28.5 Å². The van der Waals surface area contributed by atoms with E-state index >= 15 is 0 Å². The fourth-order valence-corrected chi connectivity index (χ4v) is 3.12. The maximum atomic E-state index is 12.4. The molecule has 0 aliphatic heterocycles. The summed E-state index contributed by atoms with van der Waals surface area (Å²) in [4.78, 5) is 12.4. The van der Waals surface area contributed by atoms with E-state index in [0.29, 0.717) is 28.0 Å². The molecule has 0 radical (unpaired) electrons. The Hall–Kier alpha value is -2.46. The molecule has 0 aliphatic carbocycles. The maximum absolute atomic E-state index is 12.4. The Bertz CT molecular complexity index is 913. The summed E-state index contributed by atoms with van der Waals surface area (Å²) in [5.41, 5.74) is 2.47. The van der Waals surface area contributed by atoms with Crippen LogP contribution in [0.5, 0.6) is 5.75 Å². The molecule has 1 aromatic heterocycles. The number of halogens is 1. The van der Waals surface area contributed by atoms with Gasteiger partial charge in [-0.05, 0) is 30.5 Å². The summed E-state index contributed by atoms with van der Waals surface area (Å²) in [5, 5.41) is 11.4. The zero-order chi connectivity index (χ0) is 18.0. The van der Waals surface area contributed by atoms with Gasteiger partial charge in [0.15, 0.2) is 5.58 Å². The van der Waals surface area contributed by atoms with Crippen LogP contribution in [0.25, 0.3) is 11.0 Å². The average Bonchev–Trinajstić information content (AvgIpc) is 2.97. The molecule has 3 rings (SSSR count). The largest absolute Gasteiger partial charge is 0.507 e. The van der Waals surface area contributed by atoms with Crippen LogP contribution in [0.2, 0.25) is 5.02 Å². The molecule has 2 aromatic carbocycles. The summed E-state index contributed by atoms with van der Waals surface area (Å²) in [6, 6.07) is 11.1. The number of esters is 1. The summed E-state index contributed by atoms with van der Waals surface area (Å²) in [7, 11) is 0. The molecule has 0 fully saturated rings. The number of phenolic OH excluding ortho intramolecular Hbond substituents is 1.